The molecule has 64 valence electrons. The fourth-order valence-electron chi connectivity index (χ4n) is 0.557. The largest absolute Gasteiger partial charge is 0.339 e. The summed E-state index contributed by atoms with van der Waals surface area (Å²) in [5.41, 5.74) is 0. The van der Waals surface area contributed by atoms with Gasteiger partial charge in [0.15, 0.2) is 0 Å². The first-order chi connectivity index (χ1) is 5.70. The maximum absolute atomic E-state index is 11.0. The van der Waals surface area contributed by atoms with E-state index >= 15 is 0 Å². The van der Waals surface area contributed by atoms with Gasteiger partial charge >= 0.3 is 0 Å². The first-order valence-corrected chi connectivity index (χ1v) is 3.76. The van der Waals surface area contributed by atoms with E-state index in [9.17, 15) is 4.79 Å². The Balaban J connectivity index is 3.83. The molecule has 0 aromatic heterocycles. The molecule has 0 bridgehead atoms. The van der Waals surface area contributed by atoms with E-state index in [0.717, 1.165) is 0 Å². The summed E-state index contributed by atoms with van der Waals surface area (Å²) in [5, 5.41) is 2.59. The van der Waals surface area contributed by atoms with Crippen LogP contribution in [0, 0.1) is 12.3 Å². The van der Waals surface area contributed by atoms with Gasteiger partial charge in [-0.1, -0.05) is 24.1 Å². The van der Waals surface area contributed by atoms with Gasteiger partial charge in [0, 0.05) is 6.08 Å². The molecule has 0 saturated carbocycles. The van der Waals surface area contributed by atoms with E-state index in [1.165, 1.54) is 6.08 Å². The van der Waals surface area contributed by atoms with E-state index in [1.807, 2.05) is 13.0 Å². The van der Waals surface area contributed by atoms with E-state index in [2.05, 4.69) is 11.2 Å². The Morgan fingerprint density at radius 3 is 2.75 bits per heavy atom. The number of amides is 1. The predicted octanol–water partition coefficient (Wildman–Crippen LogP) is 1.26. The summed E-state index contributed by atoms with van der Waals surface area (Å²) in [6.07, 6.45) is 11.8. The molecule has 0 aromatic carbocycles. The lowest BCUT2D eigenvalue weighted by molar-refractivity contribution is -0.116. The van der Waals surface area contributed by atoms with Crippen LogP contribution in [-0.2, 0) is 4.79 Å². The summed E-state index contributed by atoms with van der Waals surface area (Å²) in [4.78, 5) is 11.0. The minimum atomic E-state index is -0.215. The van der Waals surface area contributed by atoms with Crippen LogP contribution in [-0.4, -0.2) is 11.9 Å². The third-order valence-corrected chi connectivity index (χ3v) is 1.16. The van der Waals surface area contributed by atoms with Crippen molar-refractivity contribution in [1.29, 1.82) is 0 Å². The van der Waals surface area contributed by atoms with Gasteiger partial charge in [-0.05, 0) is 13.8 Å². The third kappa shape index (κ3) is 5.31. The van der Waals surface area contributed by atoms with Gasteiger partial charge in [-0.15, -0.1) is 6.42 Å². The predicted molar refractivity (Wildman–Crippen MR) is 50.4 cm³/mol. The van der Waals surface area contributed by atoms with Gasteiger partial charge in [0.05, 0.1) is 6.04 Å². The molecule has 0 heterocycles. The van der Waals surface area contributed by atoms with Gasteiger partial charge in [-0.25, -0.2) is 0 Å². The Hall–Kier alpha value is -1.49. The summed E-state index contributed by atoms with van der Waals surface area (Å²) in [5.74, 6) is 2.23. The van der Waals surface area contributed by atoms with Gasteiger partial charge in [0.2, 0.25) is 5.91 Å². The molecule has 1 unspecified atom stereocenters. The number of rotatable bonds is 3. The molecule has 1 N–H and O–H groups in total. The number of terminal acetylenes is 1. The molecule has 0 fully saturated rings. The smallest absolute Gasteiger partial charge is 0.244 e. The van der Waals surface area contributed by atoms with Crippen LogP contribution in [0.3, 0.4) is 0 Å². The number of allylic oxidation sites excluding steroid dienone is 3. The second-order valence-electron chi connectivity index (χ2n) is 2.28. The van der Waals surface area contributed by atoms with Crippen LogP contribution >= 0.6 is 0 Å². The minimum absolute atomic E-state index is 0.168. The zero-order valence-corrected chi connectivity index (χ0v) is 7.37. The van der Waals surface area contributed by atoms with E-state index < -0.39 is 0 Å². The molecule has 0 aliphatic rings. The molecule has 0 rings (SSSR count). The van der Waals surface area contributed by atoms with Crippen LogP contribution < -0.4 is 5.32 Å². The zero-order chi connectivity index (χ0) is 9.40. The summed E-state index contributed by atoms with van der Waals surface area (Å²) < 4.78 is 0. The Bertz CT molecular complexity index is 233. The van der Waals surface area contributed by atoms with Gasteiger partial charge in [0.25, 0.3) is 0 Å². The number of nitrogens with one attached hydrogen (secondary N) is 1. The van der Waals surface area contributed by atoms with Crippen LogP contribution in [0.4, 0.5) is 0 Å². The molecule has 0 saturated heterocycles. The Morgan fingerprint density at radius 1 is 1.58 bits per heavy atom. The van der Waals surface area contributed by atoms with Crippen molar-refractivity contribution in [3.63, 3.8) is 0 Å². The van der Waals surface area contributed by atoms with Gasteiger partial charge < -0.3 is 5.32 Å². The van der Waals surface area contributed by atoms with Crippen molar-refractivity contribution in [3.8, 4) is 12.3 Å². The molecule has 2 heteroatoms. The van der Waals surface area contributed by atoms with Crippen LogP contribution in [0.25, 0.3) is 0 Å². The Kier molecular flexibility index (Phi) is 5.46. The average Bonchev–Trinajstić information content (AvgIpc) is 2.05. The lowest BCUT2D eigenvalue weighted by Gasteiger charge is -2.02. The monoisotopic (exact) mass is 163 g/mol. The molecule has 1 amide bonds. The first-order valence-electron chi connectivity index (χ1n) is 3.76. The highest BCUT2D eigenvalue weighted by Gasteiger charge is 1.97. The molecular formula is C10H13NO. The van der Waals surface area contributed by atoms with Crippen molar-refractivity contribution >= 4 is 5.91 Å². The quantitative estimate of drug-likeness (QED) is 0.379. The average molecular weight is 163 g/mol. The van der Waals surface area contributed by atoms with Crippen LogP contribution in [0.2, 0.25) is 0 Å². The maximum Gasteiger partial charge on any atom is 0.244 e. The summed E-state index contributed by atoms with van der Waals surface area (Å²) in [7, 11) is 0. The standard InChI is InChI=1S/C10H13NO/c1-4-6-7-8-10(12)11-9(3)5-2/h2,4,6-9H,1,3H3,(H,11,12). The molecule has 0 aliphatic carbocycles. The number of hydrogen-bond acceptors (Lipinski definition) is 1. The third-order valence-electron chi connectivity index (χ3n) is 1.16. The van der Waals surface area contributed by atoms with Crippen LogP contribution in [0.15, 0.2) is 24.3 Å². The summed E-state index contributed by atoms with van der Waals surface area (Å²) in [6.45, 7) is 3.63. The second kappa shape index (κ2) is 6.23. The Morgan fingerprint density at radius 2 is 2.25 bits per heavy atom. The number of carbonyl (C=O) groups excluding carboxylic acids is 1. The fourth-order valence-corrected chi connectivity index (χ4v) is 0.557. The highest BCUT2D eigenvalue weighted by molar-refractivity contribution is 5.88. The normalized spacial score (nSPS) is 13.1. The molecule has 0 aliphatic heterocycles. The SMILES string of the molecule is C#CC(C)NC(=O)C=CC=CC. The van der Waals surface area contributed by atoms with Crippen molar-refractivity contribution in [2.24, 2.45) is 0 Å². The van der Waals surface area contributed by atoms with Crippen LogP contribution in [0.5, 0.6) is 0 Å². The highest BCUT2D eigenvalue weighted by Crippen LogP contribution is 1.80. The van der Waals surface area contributed by atoms with Crippen molar-refractivity contribution in [3.05, 3.63) is 24.3 Å². The van der Waals surface area contributed by atoms with E-state index in [4.69, 9.17) is 6.42 Å². The number of carbonyl (C=O) groups is 1. The lowest BCUT2D eigenvalue weighted by atomic mass is 10.3. The molecule has 0 aromatic rings. The van der Waals surface area contributed by atoms with E-state index in [0.29, 0.717) is 0 Å². The van der Waals surface area contributed by atoms with Crippen molar-refractivity contribution in [1.82, 2.24) is 5.32 Å². The van der Waals surface area contributed by atoms with Crippen molar-refractivity contribution in [2.45, 2.75) is 19.9 Å². The first kappa shape index (κ1) is 10.5. The van der Waals surface area contributed by atoms with Gasteiger partial charge in [0.1, 0.15) is 0 Å². The van der Waals surface area contributed by atoms with Crippen molar-refractivity contribution in [2.75, 3.05) is 0 Å². The number of hydrogen-bond donors (Lipinski definition) is 1. The van der Waals surface area contributed by atoms with E-state index in [1.54, 1.807) is 19.1 Å². The zero-order valence-electron chi connectivity index (χ0n) is 7.37. The molecule has 1 atom stereocenters. The second-order valence-corrected chi connectivity index (χ2v) is 2.28. The molecule has 0 spiro atoms. The molecule has 0 radical (unpaired) electrons. The highest BCUT2D eigenvalue weighted by atomic mass is 16.1. The Labute approximate surface area is 73.4 Å². The van der Waals surface area contributed by atoms with Crippen LogP contribution in [0.1, 0.15) is 13.8 Å². The molecule has 2 nitrogen and oxygen atoms in total. The van der Waals surface area contributed by atoms with Crippen molar-refractivity contribution < 1.29 is 4.79 Å². The van der Waals surface area contributed by atoms with Gasteiger partial charge in [-0.3, -0.25) is 4.79 Å². The fraction of sp³-hybridized carbons (Fsp3) is 0.300. The summed E-state index contributed by atoms with van der Waals surface area (Å²) in [6, 6.07) is -0.215. The molecular weight excluding hydrogens is 150 g/mol. The summed E-state index contributed by atoms with van der Waals surface area (Å²) >= 11 is 0. The topological polar surface area (TPSA) is 29.1 Å². The minimum Gasteiger partial charge on any atom is -0.339 e. The maximum atomic E-state index is 11.0. The van der Waals surface area contributed by atoms with E-state index in [-0.39, 0.29) is 11.9 Å². The van der Waals surface area contributed by atoms with Gasteiger partial charge in [-0.2, -0.15) is 0 Å². The molecule has 12 heavy (non-hydrogen) atoms. The lowest BCUT2D eigenvalue weighted by Crippen LogP contribution is -2.29.